The summed E-state index contributed by atoms with van der Waals surface area (Å²) in [4.78, 5) is 8.33. The van der Waals surface area contributed by atoms with Crippen molar-refractivity contribution >= 4 is 27.6 Å². The summed E-state index contributed by atoms with van der Waals surface area (Å²) in [5.74, 6) is 0.557. The molecule has 1 heterocycles. The third kappa shape index (κ3) is 3.01. The zero-order valence-corrected chi connectivity index (χ0v) is 11.0. The molecule has 5 heteroatoms. The van der Waals surface area contributed by atoms with Crippen molar-refractivity contribution in [3.8, 4) is 0 Å². The Kier molecular flexibility index (Phi) is 3.71. The molecule has 1 aromatic carbocycles. The van der Waals surface area contributed by atoms with E-state index in [-0.39, 0.29) is 6.04 Å². The van der Waals surface area contributed by atoms with E-state index in [1.807, 2.05) is 31.2 Å². The second kappa shape index (κ2) is 5.25. The molecule has 0 saturated carbocycles. The fourth-order valence-corrected chi connectivity index (χ4v) is 1.71. The summed E-state index contributed by atoms with van der Waals surface area (Å²) in [6.45, 7) is 1.95. The standard InChI is InChI=1S/C12H13BrN4/c1-8(14)10-4-2-3-5-11(10)17-12-15-6-9(13)7-16-12/h2-8H,14H2,1H3,(H,15,16,17). The summed E-state index contributed by atoms with van der Waals surface area (Å²) in [6.07, 6.45) is 3.40. The molecule has 17 heavy (non-hydrogen) atoms. The van der Waals surface area contributed by atoms with E-state index in [2.05, 4.69) is 31.2 Å². The van der Waals surface area contributed by atoms with Gasteiger partial charge in [0.25, 0.3) is 0 Å². The van der Waals surface area contributed by atoms with Crippen LogP contribution in [0.2, 0.25) is 0 Å². The quantitative estimate of drug-likeness (QED) is 0.913. The van der Waals surface area contributed by atoms with Crippen LogP contribution in [-0.2, 0) is 0 Å². The molecule has 1 aromatic heterocycles. The molecule has 3 N–H and O–H groups in total. The number of hydrogen-bond acceptors (Lipinski definition) is 4. The fourth-order valence-electron chi connectivity index (χ4n) is 1.51. The molecular weight excluding hydrogens is 280 g/mol. The maximum absolute atomic E-state index is 5.90. The molecule has 4 nitrogen and oxygen atoms in total. The van der Waals surface area contributed by atoms with Gasteiger partial charge in [0, 0.05) is 24.1 Å². The number of nitrogens with two attached hydrogens (primary N) is 1. The van der Waals surface area contributed by atoms with Gasteiger partial charge in [0.15, 0.2) is 0 Å². The van der Waals surface area contributed by atoms with Crippen molar-refractivity contribution in [1.29, 1.82) is 0 Å². The number of aromatic nitrogens is 2. The van der Waals surface area contributed by atoms with Crippen molar-refractivity contribution in [3.05, 3.63) is 46.7 Å². The van der Waals surface area contributed by atoms with Gasteiger partial charge < -0.3 is 11.1 Å². The lowest BCUT2D eigenvalue weighted by Crippen LogP contribution is -2.08. The molecule has 0 bridgehead atoms. The minimum absolute atomic E-state index is 0.0332. The zero-order chi connectivity index (χ0) is 12.3. The lowest BCUT2D eigenvalue weighted by atomic mass is 10.1. The average molecular weight is 293 g/mol. The number of hydrogen-bond donors (Lipinski definition) is 2. The lowest BCUT2D eigenvalue weighted by Gasteiger charge is -2.13. The van der Waals surface area contributed by atoms with Gasteiger partial charge in [0.05, 0.1) is 4.47 Å². The highest BCUT2D eigenvalue weighted by Crippen LogP contribution is 2.23. The molecule has 1 unspecified atom stereocenters. The molecule has 0 aliphatic rings. The zero-order valence-electron chi connectivity index (χ0n) is 9.39. The molecule has 2 rings (SSSR count). The number of rotatable bonds is 3. The molecule has 0 saturated heterocycles. The Bertz CT molecular complexity index is 496. The highest BCUT2D eigenvalue weighted by atomic mass is 79.9. The van der Waals surface area contributed by atoms with Crippen molar-refractivity contribution in [2.45, 2.75) is 13.0 Å². The Morgan fingerprint density at radius 2 is 1.88 bits per heavy atom. The van der Waals surface area contributed by atoms with Crippen LogP contribution >= 0.6 is 15.9 Å². The molecule has 0 aliphatic heterocycles. The van der Waals surface area contributed by atoms with Crippen molar-refractivity contribution in [2.75, 3.05) is 5.32 Å². The first-order valence-electron chi connectivity index (χ1n) is 5.26. The summed E-state index contributed by atoms with van der Waals surface area (Å²) in [7, 11) is 0. The first-order chi connectivity index (χ1) is 8.16. The number of nitrogens with zero attached hydrogens (tertiary/aromatic N) is 2. The summed E-state index contributed by atoms with van der Waals surface area (Å²) in [6, 6.07) is 7.84. The summed E-state index contributed by atoms with van der Waals surface area (Å²) in [5.41, 5.74) is 7.88. The van der Waals surface area contributed by atoms with Gasteiger partial charge >= 0.3 is 0 Å². The largest absolute Gasteiger partial charge is 0.324 e. The van der Waals surface area contributed by atoms with E-state index in [1.165, 1.54) is 0 Å². The smallest absolute Gasteiger partial charge is 0.227 e. The number of benzene rings is 1. The highest BCUT2D eigenvalue weighted by Gasteiger charge is 2.06. The molecule has 0 radical (unpaired) electrons. The molecule has 0 fully saturated rings. The summed E-state index contributed by atoms with van der Waals surface area (Å²) in [5, 5.41) is 3.16. The monoisotopic (exact) mass is 292 g/mol. The van der Waals surface area contributed by atoms with E-state index in [9.17, 15) is 0 Å². The summed E-state index contributed by atoms with van der Waals surface area (Å²) < 4.78 is 0.850. The van der Waals surface area contributed by atoms with Gasteiger partial charge in [-0.15, -0.1) is 0 Å². The van der Waals surface area contributed by atoms with Crippen LogP contribution in [0.25, 0.3) is 0 Å². The van der Waals surface area contributed by atoms with Crippen LogP contribution in [0, 0.1) is 0 Å². The van der Waals surface area contributed by atoms with Gasteiger partial charge in [-0.2, -0.15) is 0 Å². The molecule has 88 valence electrons. The minimum Gasteiger partial charge on any atom is -0.324 e. The van der Waals surface area contributed by atoms with Gasteiger partial charge in [0.1, 0.15) is 0 Å². The van der Waals surface area contributed by atoms with Crippen LogP contribution in [0.3, 0.4) is 0 Å². The molecule has 2 aromatic rings. The van der Waals surface area contributed by atoms with Crippen molar-refractivity contribution in [3.63, 3.8) is 0 Å². The Hall–Kier alpha value is -1.46. The molecule has 0 aliphatic carbocycles. The second-order valence-electron chi connectivity index (χ2n) is 3.73. The first-order valence-corrected chi connectivity index (χ1v) is 6.05. The second-order valence-corrected chi connectivity index (χ2v) is 4.64. The molecular formula is C12H13BrN4. The number of anilines is 2. The van der Waals surface area contributed by atoms with Gasteiger partial charge in [-0.3, -0.25) is 0 Å². The van der Waals surface area contributed by atoms with Crippen LogP contribution in [0.4, 0.5) is 11.6 Å². The third-order valence-corrected chi connectivity index (χ3v) is 2.73. The van der Waals surface area contributed by atoms with Gasteiger partial charge in [0.2, 0.25) is 5.95 Å². The number of nitrogens with one attached hydrogen (secondary N) is 1. The highest BCUT2D eigenvalue weighted by molar-refractivity contribution is 9.10. The van der Waals surface area contributed by atoms with Gasteiger partial charge in [-0.25, -0.2) is 9.97 Å². The maximum Gasteiger partial charge on any atom is 0.227 e. The van der Waals surface area contributed by atoms with Gasteiger partial charge in [-0.05, 0) is 34.5 Å². The Labute approximate surface area is 108 Å². The maximum atomic E-state index is 5.90. The predicted octanol–water partition coefficient (Wildman–Crippen LogP) is 3.00. The first kappa shape index (κ1) is 12.0. The Balaban J connectivity index is 2.26. The SMILES string of the molecule is CC(N)c1ccccc1Nc1ncc(Br)cn1. The van der Waals surface area contributed by atoms with Gasteiger partial charge in [-0.1, -0.05) is 18.2 Å². The van der Waals surface area contributed by atoms with E-state index >= 15 is 0 Å². The van der Waals surface area contributed by atoms with Crippen molar-refractivity contribution in [2.24, 2.45) is 5.73 Å². The summed E-state index contributed by atoms with van der Waals surface area (Å²) >= 11 is 3.30. The Morgan fingerprint density at radius 1 is 1.24 bits per heavy atom. The number of halogens is 1. The van der Waals surface area contributed by atoms with Crippen LogP contribution < -0.4 is 11.1 Å². The Morgan fingerprint density at radius 3 is 2.53 bits per heavy atom. The topological polar surface area (TPSA) is 63.8 Å². The molecule has 0 amide bonds. The molecule has 0 spiro atoms. The predicted molar refractivity (Wildman–Crippen MR) is 72.1 cm³/mol. The van der Waals surface area contributed by atoms with Crippen molar-refractivity contribution in [1.82, 2.24) is 9.97 Å². The lowest BCUT2D eigenvalue weighted by molar-refractivity contribution is 0.820. The van der Waals surface area contributed by atoms with E-state index in [0.29, 0.717) is 5.95 Å². The van der Waals surface area contributed by atoms with Crippen molar-refractivity contribution < 1.29 is 0 Å². The minimum atomic E-state index is -0.0332. The van der Waals surface area contributed by atoms with Crippen LogP contribution in [0.5, 0.6) is 0 Å². The molecule has 1 atom stereocenters. The van der Waals surface area contributed by atoms with Crippen LogP contribution in [-0.4, -0.2) is 9.97 Å². The van der Waals surface area contributed by atoms with E-state index in [4.69, 9.17) is 5.73 Å². The van der Waals surface area contributed by atoms with E-state index in [0.717, 1.165) is 15.7 Å². The normalized spacial score (nSPS) is 12.2. The van der Waals surface area contributed by atoms with E-state index in [1.54, 1.807) is 12.4 Å². The fraction of sp³-hybridized carbons (Fsp3) is 0.167. The van der Waals surface area contributed by atoms with Crippen LogP contribution in [0.1, 0.15) is 18.5 Å². The third-order valence-electron chi connectivity index (χ3n) is 2.32. The van der Waals surface area contributed by atoms with Crippen LogP contribution in [0.15, 0.2) is 41.1 Å². The number of para-hydroxylation sites is 1. The average Bonchev–Trinajstić information content (AvgIpc) is 2.32. The van der Waals surface area contributed by atoms with E-state index < -0.39 is 0 Å².